The highest BCUT2D eigenvalue weighted by Crippen LogP contribution is 2.28. The number of primary amides is 1. The minimum atomic E-state index is -1.11. The number of hydrogen-bond donors (Lipinski definition) is 2. The molecule has 1 saturated heterocycles. The molecule has 0 saturated carbocycles. The van der Waals surface area contributed by atoms with Crippen LogP contribution in [0.15, 0.2) is 24.3 Å². The summed E-state index contributed by atoms with van der Waals surface area (Å²) in [4.78, 5) is 27.7. The summed E-state index contributed by atoms with van der Waals surface area (Å²) in [6, 6.07) is 8.02. The quantitative estimate of drug-likeness (QED) is 0.849. The van der Waals surface area contributed by atoms with Gasteiger partial charge in [0.15, 0.2) is 0 Å². The summed E-state index contributed by atoms with van der Waals surface area (Å²) in [5, 5.41) is 10.5. The number of nitrogens with two attached hydrogens (primary N) is 1. The highest BCUT2D eigenvalue weighted by molar-refractivity contribution is 5.96. The van der Waals surface area contributed by atoms with Crippen molar-refractivity contribution in [2.24, 2.45) is 5.73 Å². The molecule has 24 heavy (non-hydrogen) atoms. The van der Waals surface area contributed by atoms with Crippen LogP contribution in [-0.2, 0) is 16.0 Å². The van der Waals surface area contributed by atoms with E-state index in [9.17, 15) is 14.7 Å². The maximum atomic E-state index is 12.8. The first-order chi connectivity index (χ1) is 11.5. The fourth-order valence-corrected chi connectivity index (χ4v) is 3.88. The van der Waals surface area contributed by atoms with Crippen LogP contribution in [0.1, 0.15) is 31.2 Å². The van der Waals surface area contributed by atoms with Gasteiger partial charge in [-0.1, -0.05) is 18.2 Å². The average molecular weight is 331 g/mol. The van der Waals surface area contributed by atoms with Gasteiger partial charge in [0.05, 0.1) is 18.6 Å². The van der Waals surface area contributed by atoms with Crippen LogP contribution in [0.5, 0.6) is 0 Å². The molecule has 2 heterocycles. The molecule has 0 spiro atoms. The Morgan fingerprint density at radius 1 is 1.21 bits per heavy atom. The zero-order valence-corrected chi connectivity index (χ0v) is 13.9. The molecule has 0 aromatic heterocycles. The second-order valence-electron chi connectivity index (χ2n) is 6.96. The molecule has 0 radical (unpaired) electrons. The Morgan fingerprint density at radius 3 is 2.79 bits per heavy atom. The number of β-amino-alcohol motifs (C(OH)–C–C–N with tert-alkyl or cyclic N) is 1. The molecule has 3 rings (SSSR count). The van der Waals surface area contributed by atoms with Crippen LogP contribution in [0.4, 0.5) is 5.69 Å². The first kappa shape index (κ1) is 16.9. The summed E-state index contributed by atoms with van der Waals surface area (Å²) < 4.78 is 0. The molecular weight excluding hydrogens is 306 g/mol. The zero-order chi connectivity index (χ0) is 17.2. The number of carbonyl (C=O) groups excluding carboxylic acids is 2. The van der Waals surface area contributed by atoms with Gasteiger partial charge in [-0.2, -0.15) is 0 Å². The van der Waals surface area contributed by atoms with Crippen LogP contribution in [0.2, 0.25) is 0 Å². The van der Waals surface area contributed by atoms with E-state index in [1.165, 1.54) is 5.56 Å². The molecule has 1 fully saturated rings. The van der Waals surface area contributed by atoms with E-state index in [2.05, 4.69) is 6.07 Å². The lowest BCUT2D eigenvalue weighted by Crippen LogP contribution is -2.53. The Labute approximate surface area is 142 Å². The molecule has 0 aliphatic carbocycles. The molecule has 6 heteroatoms. The fourth-order valence-electron chi connectivity index (χ4n) is 3.88. The van der Waals surface area contributed by atoms with Crippen molar-refractivity contribution in [3.8, 4) is 0 Å². The number of likely N-dealkylation sites (tertiary alicyclic amines) is 1. The number of carbonyl (C=O) groups is 2. The zero-order valence-electron chi connectivity index (χ0n) is 13.9. The molecule has 1 unspecified atom stereocenters. The fraction of sp³-hybridized carbons (Fsp3) is 0.556. The summed E-state index contributed by atoms with van der Waals surface area (Å²) in [5.41, 5.74) is 6.33. The van der Waals surface area contributed by atoms with Gasteiger partial charge >= 0.3 is 0 Å². The van der Waals surface area contributed by atoms with Crippen LogP contribution in [0.3, 0.4) is 0 Å². The Hall–Kier alpha value is -1.92. The average Bonchev–Trinajstić information content (AvgIpc) is 2.53. The molecule has 1 aromatic carbocycles. The van der Waals surface area contributed by atoms with Gasteiger partial charge in [0.2, 0.25) is 11.8 Å². The third-order valence-electron chi connectivity index (χ3n) is 4.91. The van der Waals surface area contributed by atoms with Gasteiger partial charge in [0, 0.05) is 18.8 Å². The van der Waals surface area contributed by atoms with Gasteiger partial charge in [-0.05, 0) is 43.9 Å². The summed E-state index contributed by atoms with van der Waals surface area (Å²) >= 11 is 0. The van der Waals surface area contributed by atoms with Crippen molar-refractivity contribution in [3.05, 3.63) is 29.8 Å². The molecule has 0 bridgehead atoms. The smallest absolute Gasteiger partial charge is 0.241 e. The minimum absolute atomic E-state index is 0.0467. The van der Waals surface area contributed by atoms with E-state index in [0.29, 0.717) is 13.0 Å². The largest absolute Gasteiger partial charge is 0.388 e. The first-order valence-electron chi connectivity index (χ1n) is 8.58. The maximum absolute atomic E-state index is 12.8. The Bertz CT molecular complexity index is 634. The third-order valence-corrected chi connectivity index (χ3v) is 4.91. The standard InChI is InChI=1S/C18H25N3O3/c19-16(22)11-18(24)8-4-9-20(13-18)12-17(23)21-10-3-6-14-5-1-2-7-15(14)21/h1-2,5,7,24H,3-4,6,8-13H2,(H2,19,22). The molecule has 6 nitrogen and oxygen atoms in total. The van der Waals surface area contributed by atoms with E-state index in [4.69, 9.17) is 5.73 Å². The molecule has 130 valence electrons. The SMILES string of the molecule is NC(=O)CC1(O)CCCN(CC(=O)N2CCCc3ccccc32)C1. The first-order valence-corrected chi connectivity index (χ1v) is 8.58. The number of fused-ring (bicyclic) bond motifs is 1. The van der Waals surface area contributed by atoms with E-state index in [0.717, 1.165) is 38.0 Å². The molecule has 1 atom stereocenters. The van der Waals surface area contributed by atoms with Crippen LogP contribution in [0.25, 0.3) is 0 Å². The molecule has 2 aliphatic heterocycles. The summed E-state index contributed by atoms with van der Waals surface area (Å²) in [5.74, 6) is -0.457. The number of anilines is 1. The van der Waals surface area contributed by atoms with E-state index in [1.54, 1.807) is 0 Å². The highest BCUT2D eigenvalue weighted by atomic mass is 16.3. The number of amides is 2. The number of rotatable bonds is 4. The Kier molecular flexibility index (Phi) is 4.87. The maximum Gasteiger partial charge on any atom is 0.241 e. The molecular formula is C18H25N3O3. The van der Waals surface area contributed by atoms with Crippen LogP contribution < -0.4 is 10.6 Å². The predicted molar refractivity (Wildman–Crippen MR) is 91.6 cm³/mol. The summed E-state index contributed by atoms with van der Waals surface area (Å²) in [6.07, 6.45) is 3.22. The number of para-hydroxylation sites is 1. The number of piperidine rings is 1. The van der Waals surface area contributed by atoms with Crippen LogP contribution in [-0.4, -0.2) is 53.6 Å². The lowest BCUT2D eigenvalue weighted by atomic mass is 9.89. The lowest BCUT2D eigenvalue weighted by Gasteiger charge is -2.39. The van der Waals surface area contributed by atoms with Crippen molar-refractivity contribution >= 4 is 17.5 Å². The van der Waals surface area contributed by atoms with Gasteiger partial charge in [-0.15, -0.1) is 0 Å². The van der Waals surface area contributed by atoms with Crippen molar-refractivity contribution in [1.29, 1.82) is 0 Å². The van der Waals surface area contributed by atoms with Gasteiger partial charge in [0.25, 0.3) is 0 Å². The van der Waals surface area contributed by atoms with Crippen LogP contribution in [0, 0.1) is 0 Å². The predicted octanol–water partition coefficient (Wildman–Crippen LogP) is 0.668. The summed E-state index contributed by atoms with van der Waals surface area (Å²) in [6.45, 7) is 2.06. The highest BCUT2D eigenvalue weighted by Gasteiger charge is 2.36. The van der Waals surface area contributed by atoms with Gasteiger partial charge in [-0.25, -0.2) is 0 Å². The molecule has 3 N–H and O–H groups in total. The van der Waals surface area contributed by atoms with Crippen molar-refractivity contribution in [1.82, 2.24) is 4.90 Å². The van der Waals surface area contributed by atoms with Crippen LogP contribution >= 0.6 is 0 Å². The van der Waals surface area contributed by atoms with Gasteiger partial charge in [0.1, 0.15) is 0 Å². The molecule has 2 aliphatic rings. The normalized spacial score (nSPS) is 24.5. The second kappa shape index (κ2) is 6.91. The van der Waals surface area contributed by atoms with Crippen molar-refractivity contribution in [2.45, 2.75) is 37.7 Å². The number of benzene rings is 1. The van der Waals surface area contributed by atoms with E-state index < -0.39 is 11.5 Å². The van der Waals surface area contributed by atoms with Crippen molar-refractivity contribution in [2.75, 3.05) is 31.1 Å². The Balaban J connectivity index is 1.66. The van der Waals surface area contributed by atoms with E-state index in [1.807, 2.05) is 28.0 Å². The van der Waals surface area contributed by atoms with E-state index >= 15 is 0 Å². The molecule has 2 amide bonds. The number of aliphatic hydroxyl groups is 1. The summed E-state index contributed by atoms with van der Waals surface area (Å²) in [7, 11) is 0. The second-order valence-corrected chi connectivity index (χ2v) is 6.96. The topological polar surface area (TPSA) is 86.9 Å². The third kappa shape index (κ3) is 3.76. The monoisotopic (exact) mass is 331 g/mol. The van der Waals surface area contributed by atoms with E-state index in [-0.39, 0.29) is 18.9 Å². The van der Waals surface area contributed by atoms with Gasteiger partial charge < -0.3 is 15.7 Å². The van der Waals surface area contributed by atoms with Gasteiger partial charge in [-0.3, -0.25) is 14.5 Å². The Morgan fingerprint density at radius 2 is 2.00 bits per heavy atom. The number of hydrogen-bond acceptors (Lipinski definition) is 4. The number of nitrogens with zero attached hydrogens (tertiary/aromatic N) is 2. The lowest BCUT2D eigenvalue weighted by molar-refractivity contribution is -0.127. The van der Waals surface area contributed by atoms with Crippen molar-refractivity contribution in [3.63, 3.8) is 0 Å². The number of aryl methyl sites for hydroxylation is 1. The molecule has 1 aromatic rings. The van der Waals surface area contributed by atoms with Crippen molar-refractivity contribution < 1.29 is 14.7 Å². The minimum Gasteiger partial charge on any atom is -0.388 e.